The molecule has 4 N–H and O–H groups in total. The Bertz CT molecular complexity index is 854. The SMILES string of the molecule is NCC[C@H](Cc1ccccc1)NC(=O)C=Cc1c[nH]c2ncccc12. The van der Waals surface area contributed by atoms with E-state index in [1.807, 2.05) is 36.5 Å². The summed E-state index contributed by atoms with van der Waals surface area (Å²) in [6.45, 7) is 0.537. The monoisotopic (exact) mass is 334 g/mol. The molecule has 1 amide bonds. The lowest BCUT2D eigenvalue weighted by atomic mass is 10.0. The number of aromatic nitrogens is 2. The maximum atomic E-state index is 12.3. The summed E-state index contributed by atoms with van der Waals surface area (Å²) in [6, 6.07) is 14.0. The van der Waals surface area contributed by atoms with Crippen molar-refractivity contribution in [3.63, 3.8) is 0 Å². The number of fused-ring (bicyclic) bond motifs is 1. The lowest BCUT2D eigenvalue weighted by Crippen LogP contribution is -2.37. The fraction of sp³-hybridized carbons (Fsp3) is 0.200. The van der Waals surface area contributed by atoms with Crippen LogP contribution >= 0.6 is 0 Å². The van der Waals surface area contributed by atoms with Crippen LogP contribution in [0.4, 0.5) is 0 Å². The van der Waals surface area contributed by atoms with Crippen LogP contribution < -0.4 is 11.1 Å². The lowest BCUT2D eigenvalue weighted by molar-refractivity contribution is -0.117. The van der Waals surface area contributed by atoms with Gasteiger partial charge in [-0.15, -0.1) is 0 Å². The minimum absolute atomic E-state index is 0.0224. The highest BCUT2D eigenvalue weighted by Gasteiger charge is 2.11. The number of pyridine rings is 1. The number of benzene rings is 1. The van der Waals surface area contributed by atoms with E-state index in [1.165, 1.54) is 5.56 Å². The number of amides is 1. The summed E-state index contributed by atoms with van der Waals surface area (Å²) in [7, 11) is 0. The molecule has 3 rings (SSSR count). The summed E-state index contributed by atoms with van der Waals surface area (Å²) < 4.78 is 0. The van der Waals surface area contributed by atoms with Crippen LogP contribution in [0.1, 0.15) is 17.5 Å². The molecular weight excluding hydrogens is 312 g/mol. The van der Waals surface area contributed by atoms with Crippen molar-refractivity contribution in [3.8, 4) is 0 Å². The molecule has 0 bridgehead atoms. The number of rotatable bonds is 7. The molecule has 5 heteroatoms. The molecule has 0 aliphatic heterocycles. The van der Waals surface area contributed by atoms with Gasteiger partial charge in [0.15, 0.2) is 0 Å². The van der Waals surface area contributed by atoms with Crippen LogP contribution in [-0.4, -0.2) is 28.5 Å². The number of hydrogen-bond acceptors (Lipinski definition) is 3. The van der Waals surface area contributed by atoms with Crippen molar-refractivity contribution in [1.29, 1.82) is 0 Å². The number of carbonyl (C=O) groups is 1. The normalized spacial score (nSPS) is 12.5. The molecule has 3 aromatic rings. The Balaban J connectivity index is 1.65. The van der Waals surface area contributed by atoms with Gasteiger partial charge in [0.25, 0.3) is 0 Å². The first-order chi connectivity index (χ1) is 12.3. The molecule has 2 aromatic heterocycles. The van der Waals surface area contributed by atoms with Crippen molar-refractivity contribution in [2.45, 2.75) is 18.9 Å². The van der Waals surface area contributed by atoms with E-state index in [2.05, 4.69) is 27.4 Å². The van der Waals surface area contributed by atoms with Gasteiger partial charge in [-0.2, -0.15) is 0 Å². The molecule has 1 aromatic carbocycles. The summed E-state index contributed by atoms with van der Waals surface area (Å²) in [5.41, 5.74) is 8.63. The molecule has 0 aliphatic carbocycles. The molecule has 25 heavy (non-hydrogen) atoms. The van der Waals surface area contributed by atoms with Gasteiger partial charge in [0, 0.05) is 35.5 Å². The molecule has 0 aliphatic rings. The number of nitrogens with two attached hydrogens (primary N) is 1. The van der Waals surface area contributed by atoms with Gasteiger partial charge in [-0.25, -0.2) is 4.98 Å². The molecular formula is C20H22N4O. The second kappa shape index (κ2) is 8.26. The fourth-order valence-electron chi connectivity index (χ4n) is 2.85. The van der Waals surface area contributed by atoms with Crippen molar-refractivity contribution >= 4 is 23.0 Å². The summed E-state index contributed by atoms with van der Waals surface area (Å²) in [5, 5.41) is 4.04. The topological polar surface area (TPSA) is 83.8 Å². The summed E-state index contributed by atoms with van der Waals surface area (Å²) in [4.78, 5) is 19.6. The maximum Gasteiger partial charge on any atom is 0.244 e. The van der Waals surface area contributed by atoms with E-state index in [1.54, 1.807) is 18.3 Å². The van der Waals surface area contributed by atoms with Gasteiger partial charge in [0.2, 0.25) is 5.91 Å². The number of carbonyl (C=O) groups excluding carboxylic acids is 1. The molecule has 2 heterocycles. The summed E-state index contributed by atoms with van der Waals surface area (Å²) >= 11 is 0. The van der Waals surface area contributed by atoms with Crippen LogP contribution in [0.3, 0.4) is 0 Å². The molecule has 0 spiro atoms. The molecule has 1 atom stereocenters. The fourth-order valence-corrected chi connectivity index (χ4v) is 2.85. The smallest absolute Gasteiger partial charge is 0.244 e. The molecule has 128 valence electrons. The Morgan fingerprint density at radius 2 is 2.08 bits per heavy atom. The van der Waals surface area contributed by atoms with Gasteiger partial charge >= 0.3 is 0 Å². The van der Waals surface area contributed by atoms with E-state index in [0.29, 0.717) is 6.54 Å². The van der Waals surface area contributed by atoms with E-state index in [4.69, 9.17) is 5.73 Å². The van der Waals surface area contributed by atoms with Gasteiger partial charge in [-0.05, 0) is 43.2 Å². The van der Waals surface area contributed by atoms with Gasteiger partial charge in [-0.3, -0.25) is 4.79 Å². The Morgan fingerprint density at radius 1 is 1.24 bits per heavy atom. The van der Waals surface area contributed by atoms with E-state index >= 15 is 0 Å². The first-order valence-electron chi connectivity index (χ1n) is 8.41. The summed E-state index contributed by atoms with van der Waals surface area (Å²) in [5.74, 6) is -0.118. The third kappa shape index (κ3) is 4.55. The molecule has 0 saturated carbocycles. The van der Waals surface area contributed by atoms with Crippen molar-refractivity contribution in [2.24, 2.45) is 5.73 Å². The average molecular weight is 334 g/mol. The third-order valence-corrected chi connectivity index (χ3v) is 4.08. The van der Waals surface area contributed by atoms with Crippen molar-refractivity contribution in [2.75, 3.05) is 6.54 Å². The highest BCUT2D eigenvalue weighted by molar-refractivity contribution is 5.95. The first kappa shape index (κ1) is 16.9. The number of aromatic amines is 1. The highest BCUT2D eigenvalue weighted by Crippen LogP contribution is 2.16. The zero-order valence-electron chi connectivity index (χ0n) is 14.0. The molecule has 0 radical (unpaired) electrons. The van der Waals surface area contributed by atoms with Crippen LogP contribution in [0.15, 0.2) is 60.9 Å². The first-order valence-corrected chi connectivity index (χ1v) is 8.41. The van der Waals surface area contributed by atoms with Crippen molar-refractivity contribution < 1.29 is 4.79 Å². The largest absolute Gasteiger partial charge is 0.349 e. The number of hydrogen-bond donors (Lipinski definition) is 3. The van der Waals surface area contributed by atoms with Gasteiger partial charge in [-0.1, -0.05) is 30.3 Å². The quantitative estimate of drug-likeness (QED) is 0.581. The van der Waals surface area contributed by atoms with Crippen LogP contribution in [-0.2, 0) is 11.2 Å². The highest BCUT2D eigenvalue weighted by atomic mass is 16.1. The standard InChI is InChI=1S/C20H22N4O/c21-11-10-17(13-15-5-2-1-3-6-15)24-19(25)9-8-16-14-23-20-18(16)7-4-12-22-20/h1-9,12,14,17H,10-11,13,21H2,(H,22,23)(H,24,25)/t17-/m1/s1. The minimum atomic E-state index is -0.118. The van der Waals surface area contributed by atoms with Crippen LogP contribution in [0.2, 0.25) is 0 Å². The maximum absolute atomic E-state index is 12.3. The van der Waals surface area contributed by atoms with Crippen LogP contribution in [0.25, 0.3) is 17.1 Å². The molecule has 0 fully saturated rings. The number of H-pyrrole nitrogens is 1. The number of nitrogens with zero attached hydrogens (tertiary/aromatic N) is 1. The Labute approximate surface area is 147 Å². The number of nitrogens with one attached hydrogen (secondary N) is 2. The predicted octanol–water partition coefficient (Wildman–Crippen LogP) is 2.65. The van der Waals surface area contributed by atoms with E-state index in [-0.39, 0.29) is 11.9 Å². The zero-order valence-corrected chi connectivity index (χ0v) is 14.0. The Morgan fingerprint density at radius 3 is 2.88 bits per heavy atom. The molecule has 5 nitrogen and oxygen atoms in total. The predicted molar refractivity (Wildman–Crippen MR) is 101 cm³/mol. The lowest BCUT2D eigenvalue weighted by Gasteiger charge is -2.17. The van der Waals surface area contributed by atoms with Gasteiger partial charge < -0.3 is 16.0 Å². The van der Waals surface area contributed by atoms with Gasteiger partial charge in [0.1, 0.15) is 5.65 Å². The van der Waals surface area contributed by atoms with Crippen molar-refractivity contribution in [3.05, 3.63) is 72.1 Å². The van der Waals surface area contributed by atoms with Crippen LogP contribution in [0.5, 0.6) is 0 Å². The third-order valence-electron chi connectivity index (χ3n) is 4.08. The zero-order chi connectivity index (χ0) is 17.5. The average Bonchev–Trinajstić information content (AvgIpc) is 3.04. The minimum Gasteiger partial charge on any atom is -0.349 e. The molecule has 0 saturated heterocycles. The Hall–Kier alpha value is -2.92. The molecule has 0 unspecified atom stereocenters. The van der Waals surface area contributed by atoms with Gasteiger partial charge in [0.05, 0.1) is 0 Å². The second-order valence-corrected chi connectivity index (χ2v) is 5.95. The van der Waals surface area contributed by atoms with E-state index in [0.717, 1.165) is 29.4 Å². The van der Waals surface area contributed by atoms with Crippen LogP contribution in [0, 0.1) is 0 Å². The van der Waals surface area contributed by atoms with E-state index < -0.39 is 0 Å². The van der Waals surface area contributed by atoms with E-state index in [9.17, 15) is 4.79 Å². The second-order valence-electron chi connectivity index (χ2n) is 5.95. The van der Waals surface area contributed by atoms with Crippen molar-refractivity contribution in [1.82, 2.24) is 15.3 Å². The Kier molecular flexibility index (Phi) is 5.59. The summed E-state index contributed by atoms with van der Waals surface area (Å²) in [6.07, 6.45) is 8.46.